The molecule has 0 aromatic heterocycles. The van der Waals surface area contributed by atoms with Crippen LogP contribution < -0.4 is 0 Å². The first-order valence-corrected chi connectivity index (χ1v) is 7.74. The quantitative estimate of drug-likeness (QED) is 0.441. The molecule has 0 aliphatic heterocycles. The molecule has 0 spiro atoms. The van der Waals surface area contributed by atoms with Crippen LogP contribution in [-0.2, 0) is 4.79 Å². The van der Waals surface area contributed by atoms with E-state index in [9.17, 15) is 9.59 Å². The van der Waals surface area contributed by atoms with Crippen LogP contribution in [0, 0.1) is 0 Å². The van der Waals surface area contributed by atoms with Gasteiger partial charge in [-0.1, -0.05) is 12.1 Å². The Morgan fingerprint density at radius 2 is 1.74 bits per heavy atom. The number of amides is 1. The van der Waals surface area contributed by atoms with Gasteiger partial charge in [-0.3, -0.25) is 9.59 Å². The van der Waals surface area contributed by atoms with Crippen molar-refractivity contribution in [2.75, 3.05) is 24.7 Å². The smallest absolute Gasteiger partial charge is 0.232 e. The molecule has 0 fully saturated rings. The van der Waals surface area contributed by atoms with E-state index in [1.807, 2.05) is 26.0 Å². The molecule has 0 heterocycles. The summed E-state index contributed by atoms with van der Waals surface area (Å²) < 4.78 is 0. The second kappa shape index (κ2) is 8.23. The summed E-state index contributed by atoms with van der Waals surface area (Å²) in [7, 11) is 0. The van der Waals surface area contributed by atoms with Crippen LogP contribution in [0.4, 0.5) is 0 Å². The zero-order valence-corrected chi connectivity index (χ0v) is 12.8. The van der Waals surface area contributed by atoms with Crippen LogP contribution in [0.25, 0.3) is 0 Å². The van der Waals surface area contributed by atoms with Gasteiger partial charge in [-0.2, -0.15) is 0 Å². The Hall–Kier alpha value is -1.00. The molecule has 0 aliphatic carbocycles. The predicted octanol–water partition coefficient (Wildman–Crippen LogP) is 3.07. The van der Waals surface area contributed by atoms with Crippen molar-refractivity contribution in [1.82, 2.24) is 4.90 Å². The summed E-state index contributed by atoms with van der Waals surface area (Å²) in [6, 6.07) is 7.18. The fourth-order valence-electron chi connectivity index (χ4n) is 1.63. The number of alkyl halides is 1. The number of rotatable bonds is 7. The standard InChI is InChI=1S/C14H18ClNO2S/c1-3-16(4-2)14(18)10-19-12-7-5-11(6-8-12)13(17)9-15/h5-8H,3-4,9-10H2,1-2H3. The van der Waals surface area contributed by atoms with Crippen molar-refractivity contribution in [1.29, 1.82) is 0 Å². The summed E-state index contributed by atoms with van der Waals surface area (Å²) in [5.74, 6) is 0.463. The number of ketones is 1. The summed E-state index contributed by atoms with van der Waals surface area (Å²) in [5, 5.41) is 0. The molecule has 0 atom stereocenters. The molecule has 1 aromatic carbocycles. The molecule has 19 heavy (non-hydrogen) atoms. The monoisotopic (exact) mass is 299 g/mol. The van der Waals surface area contributed by atoms with E-state index >= 15 is 0 Å². The van der Waals surface area contributed by atoms with Crippen LogP contribution >= 0.6 is 23.4 Å². The van der Waals surface area contributed by atoms with Gasteiger partial charge in [0.05, 0.1) is 11.6 Å². The van der Waals surface area contributed by atoms with E-state index in [2.05, 4.69) is 0 Å². The van der Waals surface area contributed by atoms with Crippen LogP contribution in [0.15, 0.2) is 29.2 Å². The summed E-state index contributed by atoms with van der Waals surface area (Å²) in [6.45, 7) is 5.41. The number of carbonyl (C=O) groups is 2. The molecule has 0 radical (unpaired) electrons. The van der Waals surface area contributed by atoms with Gasteiger partial charge >= 0.3 is 0 Å². The molecule has 104 valence electrons. The second-order valence-electron chi connectivity index (χ2n) is 3.94. The molecule has 0 saturated carbocycles. The number of carbonyl (C=O) groups excluding carboxylic acids is 2. The fourth-order valence-corrected chi connectivity index (χ4v) is 2.58. The zero-order valence-electron chi connectivity index (χ0n) is 11.2. The molecule has 3 nitrogen and oxygen atoms in total. The van der Waals surface area contributed by atoms with Crippen molar-refractivity contribution >= 4 is 35.1 Å². The largest absolute Gasteiger partial charge is 0.343 e. The van der Waals surface area contributed by atoms with Gasteiger partial charge in [0.25, 0.3) is 0 Å². The van der Waals surface area contributed by atoms with Crippen molar-refractivity contribution < 1.29 is 9.59 Å². The lowest BCUT2D eigenvalue weighted by atomic mass is 10.1. The fraction of sp³-hybridized carbons (Fsp3) is 0.429. The first-order chi connectivity index (χ1) is 9.12. The highest BCUT2D eigenvalue weighted by Crippen LogP contribution is 2.19. The van der Waals surface area contributed by atoms with Gasteiger partial charge in [0, 0.05) is 23.5 Å². The molecular weight excluding hydrogens is 282 g/mol. The van der Waals surface area contributed by atoms with E-state index in [0.717, 1.165) is 18.0 Å². The minimum absolute atomic E-state index is 0.00701. The van der Waals surface area contributed by atoms with E-state index in [4.69, 9.17) is 11.6 Å². The molecule has 0 bridgehead atoms. The van der Waals surface area contributed by atoms with Crippen LogP contribution in [0.2, 0.25) is 0 Å². The van der Waals surface area contributed by atoms with Gasteiger partial charge in [-0.05, 0) is 26.0 Å². The minimum atomic E-state index is -0.0857. The molecular formula is C14H18ClNO2S. The topological polar surface area (TPSA) is 37.4 Å². The molecule has 5 heteroatoms. The molecule has 0 unspecified atom stereocenters. The summed E-state index contributed by atoms with van der Waals surface area (Å²) in [6.07, 6.45) is 0. The van der Waals surface area contributed by atoms with E-state index in [1.54, 1.807) is 17.0 Å². The first kappa shape index (κ1) is 16.1. The van der Waals surface area contributed by atoms with Gasteiger partial charge in [-0.15, -0.1) is 23.4 Å². The maximum atomic E-state index is 11.8. The summed E-state index contributed by atoms with van der Waals surface area (Å²) in [4.78, 5) is 26.0. The summed E-state index contributed by atoms with van der Waals surface area (Å²) >= 11 is 6.97. The SMILES string of the molecule is CCN(CC)C(=O)CSc1ccc(C(=O)CCl)cc1. The number of Topliss-reactive ketones (excluding diaryl/α,β-unsaturated/α-hetero) is 1. The predicted molar refractivity (Wildman–Crippen MR) is 80.1 cm³/mol. The molecule has 1 rings (SSSR count). The number of hydrogen-bond acceptors (Lipinski definition) is 3. The minimum Gasteiger partial charge on any atom is -0.343 e. The van der Waals surface area contributed by atoms with Crippen molar-refractivity contribution in [3.63, 3.8) is 0 Å². The lowest BCUT2D eigenvalue weighted by Gasteiger charge is -2.18. The highest BCUT2D eigenvalue weighted by molar-refractivity contribution is 8.00. The van der Waals surface area contributed by atoms with Crippen molar-refractivity contribution in [2.24, 2.45) is 0 Å². The van der Waals surface area contributed by atoms with Crippen LogP contribution in [0.3, 0.4) is 0 Å². The van der Waals surface area contributed by atoms with Gasteiger partial charge in [0.15, 0.2) is 5.78 Å². The second-order valence-corrected chi connectivity index (χ2v) is 5.25. The van der Waals surface area contributed by atoms with Gasteiger partial charge in [0.2, 0.25) is 5.91 Å². The van der Waals surface area contributed by atoms with Crippen LogP contribution in [0.5, 0.6) is 0 Å². The van der Waals surface area contributed by atoms with Crippen LogP contribution in [-0.4, -0.2) is 41.3 Å². The number of halogens is 1. The number of benzene rings is 1. The first-order valence-electron chi connectivity index (χ1n) is 6.22. The number of nitrogens with zero attached hydrogens (tertiary/aromatic N) is 1. The third kappa shape index (κ3) is 4.88. The zero-order chi connectivity index (χ0) is 14.3. The number of hydrogen-bond donors (Lipinski definition) is 0. The molecule has 0 aliphatic rings. The van der Waals surface area contributed by atoms with Gasteiger partial charge in [-0.25, -0.2) is 0 Å². The van der Waals surface area contributed by atoms with Crippen LogP contribution in [0.1, 0.15) is 24.2 Å². The lowest BCUT2D eigenvalue weighted by Crippen LogP contribution is -2.31. The Balaban J connectivity index is 2.54. The Morgan fingerprint density at radius 1 is 1.16 bits per heavy atom. The van der Waals surface area contributed by atoms with E-state index in [1.165, 1.54) is 11.8 Å². The third-order valence-corrected chi connectivity index (χ3v) is 4.02. The highest BCUT2D eigenvalue weighted by atomic mass is 35.5. The Bertz CT molecular complexity index is 430. The van der Waals surface area contributed by atoms with Gasteiger partial charge < -0.3 is 4.90 Å². The van der Waals surface area contributed by atoms with E-state index in [-0.39, 0.29) is 17.6 Å². The Labute approximate surface area is 123 Å². The molecule has 0 N–H and O–H groups in total. The lowest BCUT2D eigenvalue weighted by molar-refractivity contribution is -0.127. The Kier molecular flexibility index (Phi) is 6.95. The molecule has 0 saturated heterocycles. The normalized spacial score (nSPS) is 10.3. The van der Waals surface area contributed by atoms with E-state index in [0.29, 0.717) is 11.3 Å². The average molecular weight is 300 g/mol. The average Bonchev–Trinajstić information content (AvgIpc) is 2.46. The van der Waals surface area contributed by atoms with E-state index < -0.39 is 0 Å². The van der Waals surface area contributed by atoms with Crippen molar-refractivity contribution in [3.8, 4) is 0 Å². The highest BCUT2D eigenvalue weighted by Gasteiger charge is 2.10. The Morgan fingerprint density at radius 3 is 2.21 bits per heavy atom. The maximum absolute atomic E-state index is 11.8. The molecule has 1 amide bonds. The summed E-state index contributed by atoms with van der Waals surface area (Å²) in [5.41, 5.74) is 0.606. The van der Waals surface area contributed by atoms with Crippen molar-refractivity contribution in [3.05, 3.63) is 29.8 Å². The molecule has 1 aromatic rings. The maximum Gasteiger partial charge on any atom is 0.232 e. The third-order valence-electron chi connectivity index (χ3n) is 2.78. The van der Waals surface area contributed by atoms with Crippen molar-refractivity contribution in [2.45, 2.75) is 18.7 Å². The van der Waals surface area contributed by atoms with Gasteiger partial charge in [0.1, 0.15) is 0 Å². The number of thioether (sulfide) groups is 1.